The van der Waals surface area contributed by atoms with Gasteiger partial charge in [-0.3, -0.25) is 4.57 Å². The summed E-state index contributed by atoms with van der Waals surface area (Å²) in [5, 5.41) is 0. The van der Waals surface area contributed by atoms with Crippen molar-refractivity contribution in [1.29, 1.82) is 0 Å². The summed E-state index contributed by atoms with van der Waals surface area (Å²) in [6.07, 6.45) is 1.55. The van der Waals surface area contributed by atoms with E-state index >= 15 is 0 Å². The smallest absolute Gasteiger partial charge is 0.349 e. The van der Waals surface area contributed by atoms with Crippen LogP contribution in [-0.4, -0.2) is 33.5 Å². The van der Waals surface area contributed by atoms with E-state index in [2.05, 4.69) is 4.98 Å². The summed E-state index contributed by atoms with van der Waals surface area (Å²) >= 11 is 0. The molecule has 0 spiro atoms. The van der Waals surface area contributed by atoms with Crippen LogP contribution >= 0.6 is 8.38 Å². The lowest BCUT2D eigenvalue weighted by Crippen LogP contribution is -2.34. The largest absolute Gasteiger partial charge is 0.383 e. The van der Waals surface area contributed by atoms with Gasteiger partial charge in [-0.15, -0.1) is 0 Å². The van der Waals surface area contributed by atoms with Crippen LogP contribution in [0.5, 0.6) is 0 Å². The molecule has 1 aliphatic heterocycles. The lowest BCUT2D eigenvalue weighted by molar-refractivity contribution is 0.00224. The second-order valence-electron chi connectivity index (χ2n) is 3.43. The lowest BCUT2D eigenvalue weighted by atomic mass is 10.3. The Kier molecular flexibility index (Phi) is 3.50. The molecule has 1 aromatic rings. The molecule has 3 N–H and O–H groups in total. The van der Waals surface area contributed by atoms with Gasteiger partial charge in [0.15, 0.2) is 0 Å². The third-order valence-corrected chi connectivity index (χ3v) is 3.09. The number of nitrogens with zero attached hydrogens (tertiary/aromatic N) is 2. The predicted molar refractivity (Wildman–Crippen MR) is 59.1 cm³/mol. The fraction of sp³-hybridized carbons (Fsp3) is 0.500. The number of nitrogen functional groups attached to an aromatic ring is 1. The van der Waals surface area contributed by atoms with Crippen molar-refractivity contribution < 1.29 is 14.2 Å². The molecule has 0 aromatic carbocycles. The highest BCUT2D eigenvalue weighted by atomic mass is 31.2. The van der Waals surface area contributed by atoms with Crippen LogP contribution < -0.4 is 11.4 Å². The molecule has 2 rings (SSSR count). The molecule has 16 heavy (non-hydrogen) atoms. The highest BCUT2D eigenvalue weighted by Crippen LogP contribution is 2.35. The minimum Gasteiger partial charge on any atom is -0.383 e. The fourth-order valence-corrected chi connectivity index (χ4v) is 2.21. The molecule has 7 nitrogen and oxygen atoms in total. The highest BCUT2D eigenvalue weighted by molar-refractivity contribution is 7.45. The van der Waals surface area contributed by atoms with E-state index in [9.17, 15) is 4.79 Å². The Morgan fingerprint density at radius 1 is 1.75 bits per heavy atom. The van der Waals surface area contributed by atoms with Gasteiger partial charge < -0.3 is 10.5 Å². The van der Waals surface area contributed by atoms with Gasteiger partial charge in [0.1, 0.15) is 18.5 Å². The molecule has 2 heterocycles. The van der Waals surface area contributed by atoms with Gasteiger partial charge in [0.2, 0.25) is 6.35 Å². The summed E-state index contributed by atoms with van der Waals surface area (Å²) in [7, 11) is -1.78. The Balaban J connectivity index is 2.01. The van der Waals surface area contributed by atoms with Gasteiger partial charge in [0.25, 0.3) is 8.38 Å². The molecule has 0 aliphatic carbocycles. The van der Waals surface area contributed by atoms with E-state index in [4.69, 9.17) is 19.9 Å². The number of nitrogens with two attached hydrogens (primary N) is 1. The monoisotopic (exact) mass is 246 g/mol. The maximum atomic E-state index is 11.4. The van der Waals surface area contributed by atoms with Crippen LogP contribution in [0, 0.1) is 0 Å². The molecule has 0 radical (unpaired) electrons. The van der Waals surface area contributed by atoms with Gasteiger partial charge >= 0.3 is 5.69 Å². The SMILES string of the molecule is Nc1ccn(C[C@H]2CO[PH+](O)CO2)c(=O)n1. The van der Waals surface area contributed by atoms with Crippen molar-refractivity contribution in [2.75, 3.05) is 18.7 Å². The molecule has 1 unspecified atom stereocenters. The van der Waals surface area contributed by atoms with E-state index in [0.717, 1.165) is 0 Å². The first kappa shape index (κ1) is 11.5. The van der Waals surface area contributed by atoms with Crippen LogP contribution in [0.1, 0.15) is 0 Å². The zero-order valence-electron chi connectivity index (χ0n) is 8.50. The van der Waals surface area contributed by atoms with E-state index in [0.29, 0.717) is 13.2 Å². The zero-order chi connectivity index (χ0) is 11.5. The lowest BCUT2D eigenvalue weighted by Gasteiger charge is -2.21. The minimum atomic E-state index is -1.78. The molecule has 1 aromatic heterocycles. The topological polar surface area (TPSA) is 99.6 Å². The van der Waals surface area contributed by atoms with Crippen LogP contribution in [0.2, 0.25) is 0 Å². The van der Waals surface area contributed by atoms with Gasteiger partial charge in [-0.05, 0) is 6.07 Å². The van der Waals surface area contributed by atoms with Crippen molar-refractivity contribution in [1.82, 2.24) is 9.55 Å². The summed E-state index contributed by atoms with van der Waals surface area (Å²) in [6.45, 7) is 0.642. The van der Waals surface area contributed by atoms with E-state index < -0.39 is 14.1 Å². The molecule has 0 saturated carbocycles. The van der Waals surface area contributed by atoms with Crippen LogP contribution in [0.3, 0.4) is 0 Å². The van der Waals surface area contributed by atoms with Gasteiger partial charge in [-0.25, -0.2) is 14.2 Å². The Bertz CT molecular complexity index is 416. The summed E-state index contributed by atoms with van der Waals surface area (Å²) in [4.78, 5) is 24.2. The highest BCUT2D eigenvalue weighted by Gasteiger charge is 2.26. The van der Waals surface area contributed by atoms with Gasteiger partial charge in [-0.1, -0.05) is 0 Å². The predicted octanol–water partition coefficient (Wildman–Crippen LogP) is -0.765. The molecule has 2 atom stereocenters. The third kappa shape index (κ3) is 2.76. The number of hydrogen-bond donors (Lipinski definition) is 2. The standard InChI is InChI=1S/C8H12N3O4P/c9-7-1-2-11(8(12)10-7)3-6-4-15-16(13)5-14-6/h1-2,6,13H,3-5H2,(H2,9,10,12)/p+1/t6-,16?/m0/s1. The molecule has 0 amide bonds. The van der Waals surface area contributed by atoms with Crippen LogP contribution in [0.4, 0.5) is 5.82 Å². The number of anilines is 1. The summed E-state index contributed by atoms with van der Waals surface area (Å²) in [5.41, 5.74) is 4.96. The Hall–Kier alpha value is -1.01. The molecule has 1 saturated heterocycles. The molecule has 1 aliphatic rings. The van der Waals surface area contributed by atoms with Gasteiger partial charge in [0, 0.05) is 6.20 Å². The average Bonchev–Trinajstić information content (AvgIpc) is 2.25. The quantitative estimate of drug-likeness (QED) is 0.665. The Labute approximate surface area is 92.7 Å². The first-order valence-corrected chi connectivity index (χ1v) is 6.33. The Morgan fingerprint density at radius 2 is 2.56 bits per heavy atom. The van der Waals surface area contributed by atoms with Crippen molar-refractivity contribution in [3.05, 3.63) is 22.7 Å². The van der Waals surface area contributed by atoms with Crippen molar-refractivity contribution in [3.8, 4) is 0 Å². The number of hydrogen-bond acceptors (Lipinski definition) is 6. The number of aromatic nitrogens is 2. The van der Waals surface area contributed by atoms with Crippen LogP contribution in [0.25, 0.3) is 0 Å². The normalized spacial score (nSPS) is 25.6. The number of ether oxygens (including phenoxy) is 1. The summed E-state index contributed by atoms with van der Waals surface area (Å²) in [5.74, 6) is 0.197. The summed E-state index contributed by atoms with van der Waals surface area (Å²) < 4.78 is 11.8. The molecule has 8 heteroatoms. The number of rotatable bonds is 2. The van der Waals surface area contributed by atoms with Crippen LogP contribution in [-0.2, 0) is 15.8 Å². The first-order valence-electron chi connectivity index (χ1n) is 4.77. The maximum Gasteiger partial charge on any atom is 0.349 e. The van der Waals surface area contributed by atoms with Crippen molar-refractivity contribution in [2.45, 2.75) is 12.6 Å². The molecular weight excluding hydrogens is 233 g/mol. The second-order valence-corrected chi connectivity index (χ2v) is 4.79. The first-order chi connectivity index (χ1) is 7.65. The third-order valence-electron chi connectivity index (χ3n) is 2.17. The van der Waals surface area contributed by atoms with Crippen molar-refractivity contribution in [3.63, 3.8) is 0 Å². The van der Waals surface area contributed by atoms with Crippen molar-refractivity contribution in [2.24, 2.45) is 0 Å². The molecule has 0 bridgehead atoms. The Morgan fingerprint density at radius 3 is 3.19 bits per heavy atom. The van der Waals surface area contributed by atoms with Crippen molar-refractivity contribution >= 4 is 14.2 Å². The van der Waals surface area contributed by atoms with Gasteiger partial charge in [-0.2, -0.15) is 4.98 Å². The summed E-state index contributed by atoms with van der Waals surface area (Å²) in [6, 6.07) is 1.55. The zero-order valence-corrected chi connectivity index (χ0v) is 9.50. The fourth-order valence-electron chi connectivity index (χ4n) is 1.37. The van der Waals surface area contributed by atoms with E-state index in [-0.39, 0.29) is 18.3 Å². The average molecular weight is 246 g/mol. The molecular formula is C8H13N3O4P+. The van der Waals surface area contributed by atoms with E-state index in [1.807, 2.05) is 0 Å². The second kappa shape index (κ2) is 4.88. The minimum absolute atomic E-state index is 0.197. The van der Waals surface area contributed by atoms with E-state index in [1.165, 1.54) is 4.57 Å². The molecule has 88 valence electrons. The maximum absolute atomic E-state index is 11.4. The van der Waals surface area contributed by atoms with Crippen LogP contribution in [0.15, 0.2) is 17.1 Å². The van der Waals surface area contributed by atoms with Gasteiger partial charge in [0.05, 0.1) is 6.54 Å². The van der Waals surface area contributed by atoms with E-state index in [1.54, 1.807) is 12.3 Å². The molecule has 1 fully saturated rings.